The summed E-state index contributed by atoms with van der Waals surface area (Å²) < 4.78 is 5.07. The van der Waals surface area contributed by atoms with Gasteiger partial charge in [-0.05, 0) is 18.2 Å². The fourth-order valence-electron chi connectivity index (χ4n) is 1.11. The predicted octanol–water partition coefficient (Wildman–Crippen LogP) is 2.18. The highest BCUT2D eigenvalue weighted by atomic mass is 32.1. The number of carbonyl (C=O) groups excluding carboxylic acids is 1. The number of methoxy groups -OCH3 is 1. The van der Waals surface area contributed by atoms with Crippen molar-refractivity contribution in [1.82, 2.24) is 0 Å². The van der Waals surface area contributed by atoms with E-state index in [9.17, 15) is 4.79 Å². The molecule has 0 heterocycles. The van der Waals surface area contributed by atoms with E-state index >= 15 is 0 Å². The lowest BCUT2D eigenvalue weighted by Gasteiger charge is -2.02. The maximum atomic E-state index is 10.6. The number of ether oxygens (including phenoxy) is 1. The first-order valence-corrected chi connectivity index (χ1v) is 5.18. The summed E-state index contributed by atoms with van der Waals surface area (Å²) in [6.45, 7) is 0. The Morgan fingerprint density at radius 2 is 2.33 bits per heavy atom. The Morgan fingerprint density at radius 1 is 1.53 bits per heavy atom. The number of carbonyl (C=O) groups is 1. The van der Waals surface area contributed by atoms with Gasteiger partial charge < -0.3 is 4.74 Å². The molecule has 0 N–H and O–H groups in total. The van der Waals surface area contributed by atoms with Crippen LogP contribution in [0.5, 0.6) is 5.75 Å². The number of hydrogen-bond donors (Lipinski definition) is 1. The topological polar surface area (TPSA) is 26.3 Å². The van der Waals surface area contributed by atoms with Crippen LogP contribution in [0.2, 0.25) is 0 Å². The van der Waals surface area contributed by atoms with Crippen molar-refractivity contribution >= 4 is 18.9 Å². The average Bonchev–Trinajstić information content (AvgIpc) is 2.29. The third-order valence-corrected chi connectivity index (χ3v) is 2.05. The van der Waals surface area contributed by atoms with Crippen LogP contribution in [0.4, 0.5) is 0 Å². The monoisotopic (exact) mass is 220 g/mol. The number of rotatable bonds is 3. The van der Waals surface area contributed by atoms with E-state index in [1.54, 1.807) is 18.2 Å². The lowest BCUT2D eigenvalue weighted by molar-refractivity contribution is 0.112. The summed E-state index contributed by atoms with van der Waals surface area (Å²) in [4.78, 5) is 10.6. The van der Waals surface area contributed by atoms with Gasteiger partial charge in [-0.1, -0.05) is 11.8 Å². The van der Waals surface area contributed by atoms with Crippen molar-refractivity contribution in [3.05, 3.63) is 29.3 Å². The first-order chi connectivity index (χ1) is 7.31. The molecule has 0 fully saturated rings. The molecule has 1 aromatic carbocycles. The zero-order chi connectivity index (χ0) is 11.1. The second-order valence-electron chi connectivity index (χ2n) is 2.85. The van der Waals surface area contributed by atoms with Gasteiger partial charge in [-0.15, -0.1) is 0 Å². The van der Waals surface area contributed by atoms with Crippen LogP contribution in [-0.2, 0) is 0 Å². The van der Waals surface area contributed by atoms with E-state index in [-0.39, 0.29) is 0 Å². The fourth-order valence-corrected chi connectivity index (χ4v) is 1.22. The van der Waals surface area contributed by atoms with Crippen LogP contribution in [0.1, 0.15) is 22.3 Å². The maximum Gasteiger partial charge on any atom is 0.153 e. The zero-order valence-corrected chi connectivity index (χ0v) is 9.38. The first-order valence-electron chi connectivity index (χ1n) is 4.54. The van der Waals surface area contributed by atoms with Gasteiger partial charge in [0.25, 0.3) is 0 Å². The van der Waals surface area contributed by atoms with Gasteiger partial charge in [0, 0.05) is 17.7 Å². The second kappa shape index (κ2) is 6.15. The third kappa shape index (κ3) is 3.34. The molecule has 1 rings (SSSR count). The molecule has 0 unspecified atom stereocenters. The maximum absolute atomic E-state index is 10.6. The number of benzene rings is 1. The lowest BCUT2D eigenvalue weighted by Crippen LogP contribution is -1.90. The summed E-state index contributed by atoms with van der Waals surface area (Å²) >= 11 is 4.06. The van der Waals surface area contributed by atoms with Gasteiger partial charge in [-0.2, -0.15) is 12.6 Å². The van der Waals surface area contributed by atoms with E-state index < -0.39 is 0 Å². The molecule has 0 aliphatic heterocycles. The molecule has 0 amide bonds. The molecule has 15 heavy (non-hydrogen) atoms. The molecule has 1 aromatic rings. The Kier molecular flexibility index (Phi) is 4.79. The van der Waals surface area contributed by atoms with Crippen molar-refractivity contribution in [2.75, 3.05) is 12.9 Å². The van der Waals surface area contributed by atoms with Gasteiger partial charge in [0.1, 0.15) is 5.75 Å². The molecular weight excluding hydrogens is 208 g/mol. The molecular formula is C12H12O2S. The van der Waals surface area contributed by atoms with E-state index in [4.69, 9.17) is 4.74 Å². The summed E-state index contributed by atoms with van der Waals surface area (Å²) in [5, 5.41) is 0. The molecule has 2 nitrogen and oxygen atoms in total. The predicted molar refractivity (Wildman–Crippen MR) is 63.7 cm³/mol. The minimum Gasteiger partial charge on any atom is -0.496 e. The number of thiol groups is 1. The summed E-state index contributed by atoms with van der Waals surface area (Å²) in [5.41, 5.74) is 1.39. The van der Waals surface area contributed by atoms with E-state index in [1.165, 1.54) is 7.11 Å². The molecule has 0 radical (unpaired) electrons. The zero-order valence-electron chi connectivity index (χ0n) is 8.49. The van der Waals surface area contributed by atoms with Gasteiger partial charge in [0.05, 0.1) is 12.7 Å². The summed E-state index contributed by atoms with van der Waals surface area (Å²) in [5.74, 6) is 7.25. The highest BCUT2D eigenvalue weighted by molar-refractivity contribution is 7.80. The van der Waals surface area contributed by atoms with E-state index in [0.29, 0.717) is 11.3 Å². The quantitative estimate of drug-likeness (QED) is 0.480. The van der Waals surface area contributed by atoms with Crippen LogP contribution < -0.4 is 4.74 Å². The second-order valence-corrected chi connectivity index (χ2v) is 3.30. The van der Waals surface area contributed by atoms with Gasteiger partial charge in [-0.3, -0.25) is 4.79 Å². The van der Waals surface area contributed by atoms with Gasteiger partial charge in [0.15, 0.2) is 6.29 Å². The summed E-state index contributed by atoms with van der Waals surface area (Å²) in [6.07, 6.45) is 1.52. The average molecular weight is 220 g/mol. The highest BCUT2D eigenvalue weighted by Crippen LogP contribution is 2.17. The minimum absolute atomic E-state index is 0.539. The summed E-state index contributed by atoms with van der Waals surface area (Å²) in [6, 6.07) is 5.27. The van der Waals surface area contributed by atoms with Crippen molar-refractivity contribution in [2.24, 2.45) is 0 Å². The van der Waals surface area contributed by atoms with E-state index in [2.05, 4.69) is 24.5 Å². The molecule has 0 spiro atoms. The molecule has 0 saturated carbocycles. The minimum atomic E-state index is 0.539. The van der Waals surface area contributed by atoms with Crippen LogP contribution >= 0.6 is 12.6 Å². The van der Waals surface area contributed by atoms with Crippen molar-refractivity contribution < 1.29 is 9.53 Å². The summed E-state index contributed by atoms with van der Waals surface area (Å²) in [7, 11) is 1.53. The van der Waals surface area contributed by atoms with Gasteiger partial charge >= 0.3 is 0 Å². The smallest absolute Gasteiger partial charge is 0.153 e. The normalized spacial score (nSPS) is 8.93. The highest BCUT2D eigenvalue weighted by Gasteiger charge is 2.01. The standard InChI is InChI=1S/C12H12O2S/c1-14-12-8-10(4-2-3-7-15)5-6-11(12)9-13/h5-6,8-9,15H,3,7H2,1H3. The van der Waals surface area contributed by atoms with Crippen molar-refractivity contribution in [1.29, 1.82) is 0 Å². The van der Waals surface area contributed by atoms with Crippen LogP contribution in [0.25, 0.3) is 0 Å². The van der Waals surface area contributed by atoms with Crippen molar-refractivity contribution in [3.63, 3.8) is 0 Å². The van der Waals surface area contributed by atoms with Gasteiger partial charge in [0.2, 0.25) is 0 Å². The Hall–Kier alpha value is -1.40. The lowest BCUT2D eigenvalue weighted by atomic mass is 10.1. The SMILES string of the molecule is COc1cc(C#CCCS)ccc1C=O. The van der Waals surface area contributed by atoms with Crippen LogP contribution in [0.3, 0.4) is 0 Å². The molecule has 0 aromatic heterocycles. The van der Waals surface area contributed by atoms with Crippen molar-refractivity contribution in [2.45, 2.75) is 6.42 Å². The molecule has 0 atom stereocenters. The Labute approximate surface area is 95.1 Å². The molecule has 0 aliphatic rings. The fraction of sp³-hybridized carbons (Fsp3) is 0.250. The first kappa shape index (κ1) is 11.7. The Balaban J connectivity index is 2.94. The Bertz CT molecular complexity index is 402. The van der Waals surface area contributed by atoms with Crippen molar-refractivity contribution in [3.8, 4) is 17.6 Å². The third-order valence-electron chi connectivity index (χ3n) is 1.83. The molecule has 0 bridgehead atoms. The van der Waals surface area contributed by atoms with Crippen LogP contribution in [0, 0.1) is 11.8 Å². The largest absolute Gasteiger partial charge is 0.496 e. The number of hydrogen-bond acceptors (Lipinski definition) is 3. The molecule has 78 valence electrons. The molecule has 0 saturated heterocycles. The van der Waals surface area contributed by atoms with E-state index in [0.717, 1.165) is 24.0 Å². The van der Waals surface area contributed by atoms with Gasteiger partial charge in [-0.25, -0.2) is 0 Å². The Morgan fingerprint density at radius 3 is 2.93 bits per heavy atom. The van der Waals surface area contributed by atoms with Crippen LogP contribution in [0.15, 0.2) is 18.2 Å². The molecule has 0 aliphatic carbocycles. The molecule has 3 heteroatoms. The van der Waals surface area contributed by atoms with E-state index in [1.807, 2.05) is 0 Å². The number of aldehydes is 1. The van der Waals surface area contributed by atoms with Crippen LogP contribution in [-0.4, -0.2) is 19.1 Å².